The van der Waals surface area contributed by atoms with Crippen molar-refractivity contribution in [3.8, 4) is 0 Å². The normalized spacial score (nSPS) is 10.1. The van der Waals surface area contributed by atoms with Gasteiger partial charge in [-0.15, -0.1) is 0 Å². The van der Waals surface area contributed by atoms with Crippen LogP contribution in [-0.4, -0.2) is 47.3 Å². The number of hydrogen-bond donors (Lipinski definition) is 3. The van der Waals surface area contributed by atoms with Gasteiger partial charge in [0.2, 0.25) is 0 Å². The molecule has 104 valence electrons. The molecule has 0 spiro atoms. The highest BCUT2D eigenvalue weighted by Gasteiger charge is 2.12. The van der Waals surface area contributed by atoms with Crippen LogP contribution in [-0.2, 0) is 0 Å². The van der Waals surface area contributed by atoms with Gasteiger partial charge >= 0.3 is 12.0 Å². The first-order chi connectivity index (χ1) is 8.95. The fraction of sp³-hybridized carbons (Fsp3) is 0.333. The highest BCUT2D eigenvalue weighted by atomic mass is 35.5. The molecule has 0 bridgehead atoms. The van der Waals surface area contributed by atoms with Crippen LogP contribution in [0.4, 0.5) is 10.5 Å². The molecular weight excluding hydrogens is 272 g/mol. The molecule has 0 aliphatic carbocycles. The summed E-state index contributed by atoms with van der Waals surface area (Å²) in [5, 5.41) is 20.3. The average Bonchev–Trinajstić information content (AvgIpc) is 2.37. The van der Waals surface area contributed by atoms with Crippen molar-refractivity contribution in [3.05, 3.63) is 28.8 Å². The van der Waals surface area contributed by atoms with Gasteiger partial charge in [0, 0.05) is 25.9 Å². The van der Waals surface area contributed by atoms with Crippen LogP contribution < -0.4 is 5.32 Å². The van der Waals surface area contributed by atoms with Crippen LogP contribution in [0.15, 0.2) is 18.2 Å². The Labute approximate surface area is 115 Å². The third-order valence-corrected chi connectivity index (χ3v) is 2.78. The third-order valence-electron chi connectivity index (χ3n) is 2.45. The molecule has 19 heavy (non-hydrogen) atoms. The molecule has 6 nitrogen and oxygen atoms in total. The van der Waals surface area contributed by atoms with E-state index >= 15 is 0 Å². The lowest BCUT2D eigenvalue weighted by atomic mass is 10.2. The zero-order chi connectivity index (χ0) is 14.4. The Balaban J connectivity index is 2.74. The zero-order valence-electron chi connectivity index (χ0n) is 10.4. The number of carboxylic acids is 1. The van der Waals surface area contributed by atoms with Gasteiger partial charge < -0.3 is 20.4 Å². The monoisotopic (exact) mass is 286 g/mol. The summed E-state index contributed by atoms with van der Waals surface area (Å²) < 4.78 is 0. The Kier molecular flexibility index (Phi) is 5.59. The van der Waals surface area contributed by atoms with Gasteiger partial charge in [-0.1, -0.05) is 11.6 Å². The first-order valence-electron chi connectivity index (χ1n) is 5.61. The van der Waals surface area contributed by atoms with E-state index in [0.717, 1.165) is 0 Å². The Morgan fingerprint density at radius 2 is 2.11 bits per heavy atom. The van der Waals surface area contributed by atoms with E-state index in [9.17, 15) is 9.59 Å². The van der Waals surface area contributed by atoms with Crippen LogP contribution in [0.25, 0.3) is 0 Å². The van der Waals surface area contributed by atoms with E-state index in [1.807, 2.05) is 0 Å². The molecular formula is C12H15ClN2O4. The van der Waals surface area contributed by atoms with Gasteiger partial charge in [-0.3, -0.25) is 0 Å². The van der Waals surface area contributed by atoms with Gasteiger partial charge in [0.15, 0.2) is 0 Å². The second-order valence-electron chi connectivity index (χ2n) is 3.93. The SMILES string of the molecule is CN(CCCO)C(=O)Nc1ccc(Cl)c(C(=O)O)c1. The van der Waals surface area contributed by atoms with Crippen molar-refractivity contribution in [2.75, 3.05) is 25.5 Å². The standard InChI is InChI=1S/C12H15ClN2O4/c1-15(5-2-6-16)12(19)14-8-3-4-10(13)9(7-8)11(17)18/h3-4,7,16H,2,5-6H2,1H3,(H,14,19)(H,17,18). The highest BCUT2D eigenvalue weighted by Crippen LogP contribution is 2.20. The molecule has 1 aromatic carbocycles. The van der Waals surface area contributed by atoms with E-state index in [1.165, 1.54) is 23.1 Å². The van der Waals surface area contributed by atoms with Crippen molar-refractivity contribution in [3.63, 3.8) is 0 Å². The van der Waals surface area contributed by atoms with Crippen molar-refractivity contribution in [1.29, 1.82) is 0 Å². The molecule has 2 amide bonds. The Morgan fingerprint density at radius 3 is 2.68 bits per heavy atom. The molecule has 0 atom stereocenters. The number of aromatic carboxylic acids is 1. The molecule has 0 aliphatic rings. The summed E-state index contributed by atoms with van der Waals surface area (Å²) in [6, 6.07) is 3.84. The minimum absolute atomic E-state index is 0.00171. The molecule has 0 saturated heterocycles. The van der Waals surface area contributed by atoms with E-state index in [2.05, 4.69) is 5.32 Å². The maximum atomic E-state index is 11.7. The Bertz CT molecular complexity index is 479. The van der Waals surface area contributed by atoms with Crippen LogP contribution >= 0.6 is 11.6 Å². The summed E-state index contributed by atoms with van der Waals surface area (Å²) >= 11 is 5.73. The maximum absolute atomic E-state index is 11.7. The fourth-order valence-electron chi connectivity index (χ4n) is 1.40. The second-order valence-corrected chi connectivity index (χ2v) is 4.34. The predicted octanol–water partition coefficient (Wildman–Crippen LogP) is 1.88. The number of benzene rings is 1. The summed E-state index contributed by atoms with van der Waals surface area (Å²) in [6.07, 6.45) is 0.477. The van der Waals surface area contributed by atoms with Crippen molar-refractivity contribution in [2.45, 2.75) is 6.42 Å². The number of aliphatic hydroxyl groups is 1. The van der Waals surface area contributed by atoms with Gasteiger partial charge in [-0.2, -0.15) is 0 Å². The number of nitrogens with zero attached hydrogens (tertiary/aromatic N) is 1. The van der Waals surface area contributed by atoms with Crippen LogP contribution in [0.5, 0.6) is 0 Å². The summed E-state index contributed by atoms with van der Waals surface area (Å²) in [7, 11) is 1.58. The number of nitrogens with one attached hydrogen (secondary N) is 1. The lowest BCUT2D eigenvalue weighted by Gasteiger charge is -2.17. The molecule has 0 heterocycles. The van der Waals surface area contributed by atoms with Crippen molar-refractivity contribution >= 4 is 29.3 Å². The molecule has 0 aliphatic heterocycles. The fourth-order valence-corrected chi connectivity index (χ4v) is 1.59. The number of carbonyl (C=O) groups is 2. The summed E-state index contributed by atoms with van der Waals surface area (Å²) in [5.41, 5.74) is 0.278. The molecule has 3 N–H and O–H groups in total. The molecule has 0 fully saturated rings. The zero-order valence-corrected chi connectivity index (χ0v) is 11.1. The third kappa shape index (κ3) is 4.42. The van der Waals surface area contributed by atoms with Crippen LogP contribution in [0.1, 0.15) is 16.8 Å². The maximum Gasteiger partial charge on any atom is 0.337 e. The Morgan fingerprint density at radius 1 is 1.42 bits per heavy atom. The minimum Gasteiger partial charge on any atom is -0.478 e. The van der Waals surface area contributed by atoms with E-state index < -0.39 is 5.97 Å². The first kappa shape index (κ1) is 15.3. The smallest absolute Gasteiger partial charge is 0.337 e. The molecule has 0 saturated carbocycles. The van der Waals surface area contributed by atoms with Crippen molar-refractivity contribution in [2.24, 2.45) is 0 Å². The number of urea groups is 1. The minimum atomic E-state index is -1.16. The summed E-state index contributed by atoms with van der Waals surface area (Å²) in [4.78, 5) is 24.0. The quantitative estimate of drug-likeness (QED) is 0.771. The highest BCUT2D eigenvalue weighted by molar-refractivity contribution is 6.33. The summed E-state index contributed by atoms with van der Waals surface area (Å²) in [5.74, 6) is -1.16. The van der Waals surface area contributed by atoms with Gasteiger partial charge in [0.1, 0.15) is 0 Å². The molecule has 0 unspecified atom stereocenters. The number of halogens is 1. The number of anilines is 1. The van der Waals surface area contributed by atoms with E-state index in [0.29, 0.717) is 18.7 Å². The first-order valence-corrected chi connectivity index (χ1v) is 5.99. The number of rotatable bonds is 5. The summed E-state index contributed by atoms with van der Waals surface area (Å²) in [6.45, 7) is 0.406. The molecule has 0 aromatic heterocycles. The number of carboxylic acid groups (broad SMARTS) is 1. The Hall–Kier alpha value is -1.79. The topological polar surface area (TPSA) is 89.9 Å². The lowest BCUT2D eigenvalue weighted by molar-refractivity contribution is 0.0697. The lowest BCUT2D eigenvalue weighted by Crippen LogP contribution is -2.32. The van der Waals surface area contributed by atoms with E-state index in [1.54, 1.807) is 7.05 Å². The average molecular weight is 287 g/mol. The number of carbonyl (C=O) groups excluding carboxylic acids is 1. The predicted molar refractivity (Wildman–Crippen MR) is 71.8 cm³/mol. The van der Waals surface area contributed by atoms with E-state index in [-0.39, 0.29) is 23.2 Å². The number of amides is 2. The molecule has 7 heteroatoms. The van der Waals surface area contributed by atoms with Gasteiger partial charge in [-0.05, 0) is 24.6 Å². The molecule has 0 radical (unpaired) electrons. The van der Waals surface area contributed by atoms with E-state index in [4.69, 9.17) is 21.8 Å². The van der Waals surface area contributed by atoms with Crippen LogP contribution in [0, 0.1) is 0 Å². The van der Waals surface area contributed by atoms with Crippen LogP contribution in [0.2, 0.25) is 5.02 Å². The van der Waals surface area contributed by atoms with Crippen molar-refractivity contribution < 1.29 is 19.8 Å². The van der Waals surface area contributed by atoms with Crippen molar-refractivity contribution in [1.82, 2.24) is 4.90 Å². The van der Waals surface area contributed by atoms with Gasteiger partial charge in [0.05, 0.1) is 10.6 Å². The van der Waals surface area contributed by atoms with Gasteiger partial charge in [-0.25, -0.2) is 9.59 Å². The van der Waals surface area contributed by atoms with Gasteiger partial charge in [0.25, 0.3) is 0 Å². The molecule has 1 rings (SSSR count). The largest absolute Gasteiger partial charge is 0.478 e. The molecule has 1 aromatic rings. The number of aliphatic hydroxyl groups excluding tert-OH is 1. The van der Waals surface area contributed by atoms with Crippen LogP contribution in [0.3, 0.4) is 0 Å². The number of hydrogen-bond acceptors (Lipinski definition) is 3. The second kappa shape index (κ2) is 6.96.